The van der Waals surface area contributed by atoms with Gasteiger partial charge in [0.15, 0.2) is 0 Å². The molecule has 3 aromatic rings. The smallest absolute Gasteiger partial charge is 0.433 e. The number of nitrogens with zero attached hydrogens (tertiary/aromatic N) is 2. The summed E-state index contributed by atoms with van der Waals surface area (Å²) in [5.74, 6) is 0.309. The monoisotopic (exact) mass is 347 g/mol. The van der Waals surface area contributed by atoms with Gasteiger partial charge in [-0.3, -0.25) is 4.79 Å². The van der Waals surface area contributed by atoms with Crippen molar-refractivity contribution in [1.82, 2.24) is 15.3 Å². The third-order valence-electron chi connectivity index (χ3n) is 3.38. The third kappa shape index (κ3) is 3.68. The van der Waals surface area contributed by atoms with E-state index in [1.165, 1.54) is 13.1 Å². The summed E-state index contributed by atoms with van der Waals surface area (Å²) in [5.41, 5.74) is -0.0982. The van der Waals surface area contributed by atoms with Crippen molar-refractivity contribution < 1.29 is 22.7 Å². The predicted molar refractivity (Wildman–Crippen MR) is 84.4 cm³/mol. The molecule has 1 aromatic carbocycles. The Bertz CT molecular complexity index is 925. The Hall–Kier alpha value is -3.16. The van der Waals surface area contributed by atoms with E-state index in [2.05, 4.69) is 15.3 Å². The molecule has 0 saturated heterocycles. The number of carbonyl (C=O) groups is 1. The van der Waals surface area contributed by atoms with E-state index in [9.17, 15) is 18.0 Å². The number of nitrogens with one attached hydrogen (secondary N) is 1. The van der Waals surface area contributed by atoms with Crippen LogP contribution in [0.3, 0.4) is 0 Å². The van der Waals surface area contributed by atoms with E-state index in [1.807, 2.05) is 0 Å². The van der Waals surface area contributed by atoms with Crippen LogP contribution in [0.25, 0.3) is 10.9 Å². The molecule has 8 heteroatoms. The lowest BCUT2D eigenvalue weighted by Gasteiger charge is -2.09. The molecular formula is C17H12F3N3O2. The lowest BCUT2D eigenvalue weighted by atomic mass is 10.2. The standard InChI is InChI=1S/C17H12F3N3O2/c1-21-16(24)14-5-2-10-8-11(3-6-13(10)23-14)25-12-4-7-15(22-9-12)17(18,19)20/h2-9H,1H3,(H,21,24). The number of pyridine rings is 2. The average molecular weight is 347 g/mol. The van der Waals surface area contributed by atoms with Crippen molar-refractivity contribution in [2.45, 2.75) is 6.18 Å². The lowest BCUT2D eigenvalue weighted by molar-refractivity contribution is -0.141. The van der Waals surface area contributed by atoms with Crippen molar-refractivity contribution >= 4 is 16.8 Å². The highest BCUT2D eigenvalue weighted by Gasteiger charge is 2.32. The third-order valence-corrected chi connectivity index (χ3v) is 3.38. The number of benzene rings is 1. The second-order valence-electron chi connectivity index (χ2n) is 5.11. The number of alkyl halides is 3. The van der Waals surface area contributed by atoms with Crippen molar-refractivity contribution in [2.24, 2.45) is 0 Å². The number of halogens is 3. The molecule has 3 rings (SSSR count). The summed E-state index contributed by atoms with van der Waals surface area (Å²) >= 11 is 0. The molecule has 2 aromatic heterocycles. The molecule has 2 heterocycles. The molecule has 0 atom stereocenters. The Labute approximate surface area is 140 Å². The second-order valence-corrected chi connectivity index (χ2v) is 5.11. The van der Waals surface area contributed by atoms with Crippen molar-refractivity contribution in [2.75, 3.05) is 7.05 Å². The van der Waals surface area contributed by atoms with Gasteiger partial charge in [0.1, 0.15) is 22.9 Å². The summed E-state index contributed by atoms with van der Waals surface area (Å²) in [6.07, 6.45) is -3.48. The number of hydrogen-bond acceptors (Lipinski definition) is 4. The molecule has 0 aliphatic heterocycles. The first-order valence-electron chi connectivity index (χ1n) is 7.21. The van der Waals surface area contributed by atoms with Gasteiger partial charge in [0.25, 0.3) is 5.91 Å². The summed E-state index contributed by atoms with van der Waals surface area (Å²) in [4.78, 5) is 19.1. The first-order chi connectivity index (χ1) is 11.9. The van der Waals surface area contributed by atoms with Crippen LogP contribution in [-0.4, -0.2) is 22.9 Å². The van der Waals surface area contributed by atoms with Crippen LogP contribution >= 0.6 is 0 Å². The van der Waals surface area contributed by atoms with Gasteiger partial charge in [-0.2, -0.15) is 13.2 Å². The number of carbonyl (C=O) groups excluding carboxylic acids is 1. The highest BCUT2D eigenvalue weighted by atomic mass is 19.4. The van der Waals surface area contributed by atoms with Crippen LogP contribution in [-0.2, 0) is 6.18 Å². The number of aromatic nitrogens is 2. The van der Waals surface area contributed by atoms with Gasteiger partial charge >= 0.3 is 6.18 Å². The van der Waals surface area contributed by atoms with Crippen LogP contribution in [0.1, 0.15) is 16.2 Å². The number of rotatable bonds is 3. The van der Waals surface area contributed by atoms with E-state index in [4.69, 9.17) is 4.74 Å². The fourth-order valence-corrected chi connectivity index (χ4v) is 2.17. The first kappa shape index (κ1) is 16.7. The molecule has 0 spiro atoms. The van der Waals surface area contributed by atoms with E-state index in [1.54, 1.807) is 30.3 Å². The number of ether oxygens (including phenoxy) is 1. The van der Waals surface area contributed by atoms with Crippen LogP contribution < -0.4 is 10.1 Å². The van der Waals surface area contributed by atoms with E-state index < -0.39 is 11.9 Å². The zero-order valence-electron chi connectivity index (χ0n) is 13.0. The topological polar surface area (TPSA) is 64.1 Å². The van der Waals surface area contributed by atoms with Crippen molar-refractivity contribution in [3.8, 4) is 11.5 Å². The molecule has 25 heavy (non-hydrogen) atoms. The van der Waals surface area contributed by atoms with E-state index in [0.29, 0.717) is 11.3 Å². The van der Waals surface area contributed by atoms with Crippen LogP contribution in [0.5, 0.6) is 11.5 Å². The van der Waals surface area contributed by atoms with Crippen LogP contribution in [0, 0.1) is 0 Å². The number of amides is 1. The second kappa shape index (κ2) is 6.39. The average Bonchev–Trinajstić information content (AvgIpc) is 2.60. The lowest BCUT2D eigenvalue weighted by Crippen LogP contribution is -2.18. The Kier molecular flexibility index (Phi) is 4.26. The summed E-state index contributed by atoms with van der Waals surface area (Å²) in [7, 11) is 1.52. The minimum atomic E-state index is -4.49. The number of fused-ring (bicyclic) bond motifs is 1. The van der Waals surface area contributed by atoms with Gasteiger partial charge in [-0.15, -0.1) is 0 Å². The zero-order chi connectivity index (χ0) is 18.0. The van der Waals surface area contributed by atoms with E-state index >= 15 is 0 Å². The van der Waals surface area contributed by atoms with Crippen molar-refractivity contribution in [3.05, 3.63) is 60.0 Å². The fraction of sp³-hybridized carbons (Fsp3) is 0.118. The predicted octanol–water partition coefficient (Wildman–Crippen LogP) is 3.80. The van der Waals surface area contributed by atoms with Gasteiger partial charge in [0.05, 0.1) is 11.7 Å². The molecular weight excluding hydrogens is 335 g/mol. The van der Waals surface area contributed by atoms with Gasteiger partial charge in [-0.1, -0.05) is 6.07 Å². The molecule has 0 aliphatic rings. The molecule has 1 amide bonds. The highest BCUT2D eigenvalue weighted by Crippen LogP contribution is 2.30. The molecule has 0 unspecified atom stereocenters. The zero-order valence-corrected chi connectivity index (χ0v) is 13.0. The van der Waals surface area contributed by atoms with Crippen LogP contribution in [0.4, 0.5) is 13.2 Å². The molecule has 0 fully saturated rings. The molecule has 5 nitrogen and oxygen atoms in total. The Morgan fingerprint density at radius 2 is 1.84 bits per heavy atom. The molecule has 0 radical (unpaired) electrons. The van der Waals surface area contributed by atoms with Gasteiger partial charge in [-0.05, 0) is 36.4 Å². The summed E-state index contributed by atoms with van der Waals surface area (Å²) in [5, 5.41) is 3.22. The van der Waals surface area contributed by atoms with E-state index in [0.717, 1.165) is 17.6 Å². The minimum Gasteiger partial charge on any atom is -0.456 e. The summed E-state index contributed by atoms with van der Waals surface area (Å²) in [6.45, 7) is 0. The molecule has 0 bridgehead atoms. The Morgan fingerprint density at radius 3 is 2.48 bits per heavy atom. The Balaban J connectivity index is 1.83. The summed E-state index contributed by atoms with van der Waals surface area (Å²) in [6, 6.07) is 10.3. The highest BCUT2D eigenvalue weighted by molar-refractivity contribution is 5.94. The van der Waals surface area contributed by atoms with Crippen LogP contribution in [0.2, 0.25) is 0 Å². The molecule has 0 saturated carbocycles. The molecule has 128 valence electrons. The van der Waals surface area contributed by atoms with Gasteiger partial charge in [0.2, 0.25) is 0 Å². The first-order valence-corrected chi connectivity index (χ1v) is 7.21. The number of hydrogen-bond donors (Lipinski definition) is 1. The van der Waals surface area contributed by atoms with Crippen molar-refractivity contribution in [1.29, 1.82) is 0 Å². The molecule has 1 N–H and O–H groups in total. The maximum absolute atomic E-state index is 12.5. The van der Waals surface area contributed by atoms with E-state index in [-0.39, 0.29) is 17.4 Å². The maximum Gasteiger partial charge on any atom is 0.433 e. The normalized spacial score (nSPS) is 11.4. The SMILES string of the molecule is CNC(=O)c1ccc2cc(Oc3ccc(C(F)(F)F)nc3)ccc2n1. The maximum atomic E-state index is 12.5. The van der Waals surface area contributed by atoms with Gasteiger partial charge in [-0.25, -0.2) is 9.97 Å². The Morgan fingerprint density at radius 1 is 1.08 bits per heavy atom. The largest absolute Gasteiger partial charge is 0.456 e. The van der Waals surface area contributed by atoms with Gasteiger partial charge in [0, 0.05) is 12.4 Å². The van der Waals surface area contributed by atoms with Crippen LogP contribution in [0.15, 0.2) is 48.7 Å². The fourth-order valence-electron chi connectivity index (χ4n) is 2.17. The van der Waals surface area contributed by atoms with Crippen molar-refractivity contribution in [3.63, 3.8) is 0 Å². The minimum absolute atomic E-state index is 0.183. The quantitative estimate of drug-likeness (QED) is 0.783. The van der Waals surface area contributed by atoms with Gasteiger partial charge < -0.3 is 10.1 Å². The molecule has 0 aliphatic carbocycles. The summed E-state index contributed by atoms with van der Waals surface area (Å²) < 4.78 is 43.0.